The Balaban J connectivity index is 1.72. The molecular weight excluding hydrogens is 342 g/mol. The van der Waals surface area contributed by atoms with Crippen LogP contribution in [-0.4, -0.2) is 48.0 Å². The van der Waals surface area contributed by atoms with E-state index < -0.39 is 5.60 Å². The van der Waals surface area contributed by atoms with E-state index in [2.05, 4.69) is 19.1 Å². The third-order valence-electron chi connectivity index (χ3n) is 5.64. The summed E-state index contributed by atoms with van der Waals surface area (Å²) in [6.07, 6.45) is 3.40. The van der Waals surface area contributed by atoms with Crippen LogP contribution in [0.1, 0.15) is 57.6 Å². The molecule has 0 N–H and O–H groups in total. The molecule has 1 amide bonds. The number of carbonyl (C=O) groups excluding carboxylic acids is 1. The zero-order chi connectivity index (χ0) is 19.7. The fraction of sp³-hybridized carbons (Fsp3) is 0.682. The Morgan fingerprint density at radius 2 is 1.81 bits per heavy atom. The van der Waals surface area contributed by atoms with E-state index in [-0.39, 0.29) is 23.8 Å². The summed E-state index contributed by atoms with van der Waals surface area (Å²) in [5.74, 6) is 0. The van der Waals surface area contributed by atoms with Gasteiger partial charge in [-0.05, 0) is 64.5 Å². The molecule has 1 aromatic rings. The molecule has 27 heavy (non-hydrogen) atoms. The van der Waals surface area contributed by atoms with E-state index in [1.165, 1.54) is 11.1 Å². The number of fused-ring (bicyclic) bond motifs is 2. The van der Waals surface area contributed by atoms with Crippen LogP contribution >= 0.6 is 0 Å². The standard InChI is InChI=1S/C22H33NO4/c1-16-8-6-7-9-17(16)14-26-22(15-25-5)12-18-10-11-19(13-22)23(18)20(24)27-21(2,3)4/h6-9,18-19H,10-15H2,1-5H3. The highest BCUT2D eigenvalue weighted by Gasteiger charge is 2.51. The lowest BCUT2D eigenvalue weighted by Crippen LogP contribution is -2.56. The van der Waals surface area contributed by atoms with Crippen molar-refractivity contribution >= 4 is 6.09 Å². The predicted molar refractivity (Wildman–Crippen MR) is 105 cm³/mol. The summed E-state index contributed by atoms with van der Waals surface area (Å²) in [4.78, 5) is 14.7. The summed E-state index contributed by atoms with van der Waals surface area (Å²) in [5.41, 5.74) is 1.62. The van der Waals surface area contributed by atoms with E-state index in [0.717, 1.165) is 25.7 Å². The number of ether oxygens (including phenoxy) is 3. The van der Waals surface area contributed by atoms with Gasteiger partial charge in [-0.1, -0.05) is 24.3 Å². The first kappa shape index (κ1) is 20.2. The van der Waals surface area contributed by atoms with Gasteiger partial charge in [0.05, 0.1) is 18.8 Å². The Morgan fingerprint density at radius 3 is 2.37 bits per heavy atom. The van der Waals surface area contributed by atoms with Gasteiger partial charge < -0.3 is 19.1 Å². The molecule has 2 bridgehead atoms. The average Bonchev–Trinajstić information content (AvgIpc) is 2.85. The molecule has 0 aromatic heterocycles. The first-order valence-electron chi connectivity index (χ1n) is 9.92. The third kappa shape index (κ3) is 4.64. The number of amides is 1. The fourth-order valence-electron chi connectivity index (χ4n) is 4.46. The minimum atomic E-state index is -0.473. The van der Waals surface area contributed by atoms with E-state index in [0.29, 0.717) is 13.2 Å². The van der Waals surface area contributed by atoms with Crippen molar-refractivity contribution in [3.05, 3.63) is 35.4 Å². The van der Waals surface area contributed by atoms with Gasteiger partial charge in [-0.2, -0.15) is 0 Å². The molecule has 3 rings (SSSR count). The van der Waals surface area contributed by atoms with E-state index in [9.17, 15) is 4.79 Å². The maximum Gasteiger partial charge on any atom is 0.410 e. The van der Waals surface area contributed by atoms with Gasteiger partial charge in [-0.15, -0.1) is 0 Å². The molecule has 150 valence electrons. The first-order valence-corrected chi connectivity index (χ1v) is 9.92. The second kappa shape index (κ2) is 7.80. The van der Waals surface area contributed by atoms with Gasteiger partial charge in [0, 0.05) is 19.2 Å². The van der Waals surface area contributed by atoms with Gasteiger partial charge in [0.1, 0.15) is 5.60 Å². The number of hydrogen-bond acceptors (Lipinski definition) is 4. The summed E-state index contributed by atoms with van der Waals surface area (Å²) in [7, 11) is 1.72. The molecule has 2 atom stereocenters. The smallest absolute Gasteiger partial charge is 0.410 e. The highest BCUT2D eigenvalue weighted by atomic mass is 16.6. The lowest BCUT2D eigenvalue weighted by atomic mass is 9.86. The van der Waals surface area contributed by atoms with Crippen LogP contribution in [0.4, 0.5) is 4.79 Å². The maximum atomic E-state index is 12.7. The van der Waals surface area contributed by atoms with Crippen molar-refractivity contribution in [1.82, 2.24) is 4.90 Å². The number of rotatable bonds is 5. The lowest BCUT2D eigenvalue weighted by Gasteiger charge is -2.46. The Labute approximate surface area is 163 Å². The molecule has 0 saturated carbocycles. The van der Waals surface area contributed by atoms with Crippen LogP contribution < -0.4 is 0 Å². The number of hydrogen-bond donors (Lipinski definition) is 0. The van der Waals surface area contributed by atoms with Crippen molar-refractivity contribution in [2.24, 2.45) is 0 Å². The molecule has 2 aliphatic rings. The number of nitrogens with zero attached hydrogens (tertiary/aromatic N) is 1. The number of piperidine rings is 1. The van der Waals surface area contributed by atoms with E-state index in [1.807, 2.05) is 37.8 Å². The first-order chi connectivity index (χ1) is 12.7. The highest BCUT2D eigenvalue weighted by Crippen LogP contribution is 2.44. The number of carbonyl (C=O) groups is 1. The second-order valence-electron chi connectivity index (χ2n) is 9.01. The number of methoxy groups -OCH3 is 1. The molecule has 0 radical (unpaired) electrons. The van der Waals surface area contributed by atoms with Gasteiger partial charge in [-0.3, -0.25) is 0 Å². The molecule has 0 aliphatic carbocycles. The SMILES string of the molecule is COCC1(OCc2ccccc2C)CC2CCC(C1)N2C(=O)OC(C)(C)C. The summed E-state index contributed by atoms with van der Waals surface area (Å²) < 4.78 is 17.7. The van der Waals surface area contributed by atoms with Crippen LogP contribution in [-0.2, 0) is 20.8 Å². The van der Waals surface area contributed by atoms with E-state index >= 15 is 0 Å². The van der Waals surface area contributed by atoms with Gasteiger partial charge in [0.15, 0.2) is 0 Å². The predicted octanol–water partition coefficient (Wildman–Crippen LogP) is 4.46. The van der Waals surface area contributed by atoms with Crippen LogP contribution in [0.25, 0.3) is 0 Å². The Kier molecular flexibility index (Phi) is 5.82. The molecule has 1 aromatic carbocycles. The number of benzene rings is 1. The van der Waals surface area contributed by atoms with Crippen molar-refractivity contribution in [2.45, 2.75) is 83.3 Å². The molecule has 5 nitrogen and oxygen atoms in total. The van der Waals surface area contributed by atoms with Crippen molar-refractivity contribution < 1.29 is 19.0 Å². The number of aryl methyl sites for hydroxylation is 1. The second-order valence-corrected chi connectivity index (χ2v) is 9.01. The Bertz CT molecular complexity index is 653. The summed E-state index contributed by atoms with van der Waals surface area (Å²) in [5, 5.41) is 0. The zero-order valence-electron chi connectivity index (χ0n) is 17.3. The van der Waals surface area contributed by atoms with Crippen molar-refractivity contribution in [3.63, 3.8) is 0 Å². The van der Waals surface area contributed by atoms with Gasteiger partial charge in [0.25, 0.3) is 0 Å². The fourth-order valence-corrected chi connectivity index (χ4v) is 4.46. The summed E-state index contributed by atoms with van der Waals surface area (Å²) >= 11 is 0. The van der Waals surface area contributed by atoms with Gasteiger partial charge in [-0.25, -0.2) is 4.79 Å². The van der Waals surface area contributed by atoms with Crippen molar-refractivity contribution in [2.75, 3.05) is 13.7 Å². The maximum absolute atomic E-state index is 12.7. The highest BCUT2D eigenvalue weighted by molar-refractivity contribution is 5.69. The molecule has 0 spiro atoms. The van der Waals surface area contributed by atoms with Crippen LogP contribution in [0.2, 0.25) is 0 Å². The van der Waals surface area contributed by atoms with E-state index in [4.69, 9.17) is 14.2 Å². The topological polar surface area (TPSA) is 48.0 Å². The molecule has 2 saturated heterocycles. The quantitative estimate of drug-likeness (QED) is 0.762. The summed E-state index contributed by atoms with van der Waals surface area (Å²) in [6.45, 7) is 8.97. The van der Waals surface area contributed by atoms with Crippen molar-refractivity contribution in [3.8, 4) is 0 Å². The van der Waals surface area contributed by atoms with Gasteiger partial charge >= 0.3 is 6.09 Å². The van der Waals surface area contributed by atoms with E-state index in [1.54, 1.807) is 7.11 Å². The largest absolute Gasteiger partial charge is 0.444 e. The lowest BCUT2D eigenvalue weighted by molar-refractivity contribution is -0.141. The summed E-state index contributed by atoms with van der Waals surface area (Å²) in [6, 6.07) is 8.63. The Hall–Kier alpha value is -1.59. The third-order valence-corrected chi connectivity index (χ3v) is 5.64. The van der Waals surface area contributed by atoms with Gasteiger partial charge in [0.2, 0.25) is 0 Å². The molecular formula is C22H33NO4. The Morgan fingerprint density at radius 1 is 1.19 bits per heavy atom. The van der Waals surface area contributed by atoms with Crippen LogP contribution in [0.5, 0.6) is 0 Å². The average molecular weight is 376 g/mol. The molecule has 2 fully saturated rings. The zero-order valence-corrected chi connectivity index (χ0v) is 17.3. The molecule has 5 heteroatoms. The monoisotopic (exact) mass is 375 g/mol. The minimum absolute atomic E-state index is 0.158. The van der Waals surface area contributed by atoms with Crippen molar-refractivity contribution in [1.29, 1.82) is 0 Å². The molecule has 2 heterocycles. The van der Waals surface area contributed by atoms with Crippen LogP contribution in [0, 0.1) is 6.92 Å². The normalized spacial score (nSPS) is 27.7. The van der Waals surface area contributed by atoms with Crippen LogP contribution in [0.15, 0.2) is 24.3 Å². The molecule has 2 unspecified atom stereocenters. The van der Waals surface area contributed by atoms with Crippen LogP contribution in [0.3, 0.4) is 0 Å². The minimum Gasteiger partial charge on any atom is -0.444 e. The molecule has 2 aliphatic heterocycles.